The Labute approximate surface area is 170 Å². The molecular formula is C23H26N4O2. The number of hydrogen-bond acceptors (Lipinski definition) is 3. The van der Waals surface area contributed by atoms with Gasteiger partial charge in [-0.05, 0) is 29.9 Å². The van der Waals surface area contributed by atoms with Crippen LogP contribution >= 0.6 is 0 Å². The minimum absolute atomic E-state index is 0.103. The summed E-state index contributed by atoms with van der Waals surface area (Å²) in [4.78, 5) is 33.6. The maximum atomic E-state index is 13.3. The van der Waals surface area contributed by atoms with Crippen molar-refractivity contribution in [3.8, 4) is 0 Å². The summed E-state index contributed by atoms with van der Waals surface area (Å²) in [5, 5.41) is 3.11. The van der Waals surface area contributed by atoms with Gasteiger partial charge in [-0.2, -0.15) is 0 Å². The Kier molecular flexibility index (Phi) is 4.65. The van der Waals surface area contributed by atoms with Crippen molar-refractivity contribution >= 4 is 11.7 Å². The highest BCUT2D eigenvalue weighted by atomic mass is 16.2. The van der Waals surface area contributed by atoms with Crippen LogP contribution in [0.2, 0.25) is 0 Å². The number of nitrogens with one attached hydrogen (secondary N) is 2. The van der Waals surface area contributed by atoms with Crippen LogP contribution in [0.1, 0.15) is 69.8 Å². The average Bonchev–Trinajstić information content (AvgIpc) is 3.22. The van der Waals surface area contributed by atoms with Gasteiger partial charge in [-0.1, -0.05) is 44.2 Å². The standard InChI is InChI=1S/C23H26N4O2/c1-14-18-16(12-23(2,3)13-17(18)28)25-19(14)22(29)26-20(15-8-6-5-7-9-15)21-24-10-11-27(21)4/h5-11,20,25H,12-13H2,1-4H3,(H,26,29). The van der Waals surface area contributed by atoms with E-state index in [2.05, 4.69) is 29.1 Å². The van der Waals surface area contributed by atoms with Crippen molar-refractivity contribution in [3.05, 3.63) is 76.6 Å². The number of nitrogens with zero attached hydrogens (tertiary/aromatic N) is 2. The molecule has 1 aliphatic rings. The summed E-state index contributed by atoms with van der Waals surface area (Å²) in [6, 6.07) is 9.37. The number of imidazole rings is 1. The Hall–Kier alpha value is -3.15. The first-order valence-corrected chi connectivity index (χ1v) is 9.84. The van der Waals surface area contributed by atoms with E-state index >= 15 is 0 Å². The molecule has 0 spiro atoms. The maximum Gasteiger partial charge on any atom is 0.268 e. The molecule has 1 aliphatic carbocycles. The summed E-state index contributed by atoms with van der Waals surface area (Å²) in [6.45, 7) is 6.01. The normalized spacial score (nSPS) is 16.3. The van der Waals surface area contributed by atoms with Crippen LogP contribution in [0.25, 0.3) is 0 Å². The molecule has 0 fully saturated rings. The highest BCUT2D eigenvalue weighted by Gasteiger charge is 2.35. The molecule has 0 saturated carbocycles. The van der Waals surface area contributed by atoms with Crippen molar-refractivity contribution < 1.29 is 9.59 Å². The number of H-pyrrole nitrogens is 1. The number of amides is 1. The monoisotopic (exact) mass is 390 g/mol. The zero-order valence-corrected chi connectivity index (χ0v) is 17.2. The topological polar surface area (TPSA) is 79.8 Å². The van der Waals surface area contributed by atoms with Crippen molar-refractivity contribution in [1.29, 1.82) is 0 Å². The molecule has 6 nitrogen and oxygen atoms in total. The first-order chi connectivity index (χ1) is 13.8. The molecule has 1 atom stereocenters. The number of aryl methyl sites for hydroxylation is 1. The lowest BCUT2D eigenvalue weighted by Crippen LogP contribution is -2.31. The first kappa shape index (κ1) is 19.2. The van der Waals surface area contributed by atoms with Crippen molar-refractivity contribution in [2.24, 2.45) is 12.5 Å². The molecule has 2 aromatic heterocycles. The van der Waals surface area contributed by atoms with E-state index in [0.29, 0.717) is 17.7 Å². The molecule has 2 heterocycles. The third kappa shape index (κ3) is 3.50. The molecule has 0 saturated heterocycles. The predicted octanol–water partition coefficient (Wildman–Crippen LogP) is 3.73. The Morgan fingerprint density at radius 3 is 2.62 bits per heavy atom. The van der Waals surface area contributed by atoms with Crippen molar-refractivity contribution in [2.45, 2.75) is 39.7 Å². The number of carbonyl (C=O) groups excluding carboxylic acids is 2. The van der Waals surface area contributed by atoms with E-state index in [1.54, 1.807) is 6.20 Å². The number of ketones is 1. The summed E-state index contributed by atoms with van der Waals surface area (Å²) in [5.74, 6) is 0.614. The molecule has 0 bridgehead atoms. The zero-order valence-electron chi connectivity index (χ0n) is 17.2. The van der Waals surface area contributed by atoms with Gasteiger partial charge in [0.05, 0.1) is 0 Å². The molecule has 150 valence electrons. The van der Waals surface area contributed by atoms with Crippen molar-refractivity contribution in [3.63, 3.8) is 0 Å². The summed E-state index contributed by atoms with van der Waals surface area (Å²) >= 11 is 0. The fourth-order valence-corrected chi connectivity index (χ4v) is 4.26. The van der Waals surface area contributed by atoms with Gasteiger partial charge in [-0.15, -0.1) is 0 Å². The van der Waals surface area contributed by atoms with E-state index in [1.165, 1.54) is 0 Å². The van der Waals surface area contributed by atoms with Gasteiger partial charge in [0.2, 0.25) is 0 Å². The van der Waals surface area contributed by atoms with Crippen molar-refractivity contribution in [1.82, 2.24) is 19.9 Å². The van der Waals surface area contributed by atoms with Gasteiger partial charge in [-0.25, -0.2) is 4.98 Å². The molecule has 1 unspecified atom stereocenters. The van der Waals surface area contributed by atoms with E-state index in [-0.39, 0.29) is 17.1 Å². The van der Waals surface area contributed by atoms with E-state index in [1.807, 2.05) is 55.1 Å². The second kappa shape index (κ2) is 7.03. The van der Waals surface area contributed by atoms with E-state index in [0.717, 1.165) is 29.1 Å². The third-order valence-corrected chi connectivity index (χ3v) is 5.65. The summed E-state index contributed by atoms with van der Waals surface area (Å²) in [7, 11) is 1.91. The smallest absolute Gasteiger partial charge is 0.268 e. The van der Waals surface area contributed by atoms with Gasteiger partial charge in [-0.3, -0.25) is 9.59 Å². The Balaban J connectivity index is 1.69. The summed E-state index contributed by atoms with van der Waals surface area (Å²) in [5.41, 5.74) is 3.57. The molecule has 3 aromatic rings. The lowest BCUT2D eigenvalue weighted by atomic mass is 9.75. The molecular weight excluding hydrogens is 364 g/mol. The molecule has 29 heavy (non-hydrogen) atoms. The number of Topliss-reactive ketones (excluding diaryl/α,β-unsaturated/α-hetero) is 1. The number of fused-ring (bicyclic) bond motifs is 1. The fraction of sp³-hybridized carbons (Fsp3) is 0.348. The molecule has 0 radical (unpaired) electrons. The Bertz CT molecular complexity index is 1080. The van der Waals surface area contributed by atoms with Gasteiger partial charge >= 0.3 is 0 Å². The molecule has 0 aliphatic heterocycles. The first-order valence-electron chi connectivity index (χ1n) is 9.84. The molecule has 2 N–H and O–H groups in total. The van der Waals surface area contributed by atoms with E-state index < -0.39 is 6.04 Å². The Morgan fingerprint density at radius 2 is 1.97 bits per heavy atom. The lowest BCUT2D eigenvalue weighted by Gasteiger charge is -2.28. The number of carbonyl (C=O) groups is 2. The van der Waals surface area contributed by atoms with E-state index in [4.69, 9.17) is 0 Å². The largest absolute Gasteiger partial charge is 0.354 e. The minimum Gasteiger partial charge on any atom is -0.354 e. The lowest BCUT2D eigenvalue weighted by molar-refractivity contribution is 0.0909. The number of benzene rings is 1. The highest BCUT2D eigenvalue weighted by molar-refractivity contribution is 6.04. The Morgan fingerprint density at radius 1 is 1.24 bits per heavy atom. The molecule has 1 amide bonds. The maximum absolute atomic E-state index is 13.3. The van der Waals surface area contributed by atoms with Gasteiger partial charge in [0.1, 0.15) is 17.6 Å². The number of rotatable bonds is 4. The highest BCUT2D eigenvalue weighted by Crippen LogP contribution is 2.36. The summed E-state index contributed by atoms with van der Waals surface area (Å²) in [6.07, 6.45) is 4.83. The van der Waals surface area contributed by atoms with Crippen LogP contribution < -0.4 is 5.32 Å². The molecule has 4 rings (SSSR count). The van der Waals surface area contributed by atoms with Gasteiger partial charge < -0.3 is 14.9 Å². The predicted molar refractivity (Wildman–Crippen MR) is 111 cm³/mol. The molecule has 1 aromatic carbocycles. The number of aromatic amines is 1. The SMILES string of the molecule is Cc1c(C(=O)NC(c2ccccc2)c2nccn2C)[nH]c2c1C(=O)CC(C)(C)C2. The van der Waals surface area contributed by atoms with Crippen LogP contribution in [0.15, 0.2) is 42.7 Å². The van der Waals surface area contributed by atoms with Gasteiger partial charge in [0, 0.05) is 37.1 Å². The van der Waals surface area contributed by atoms with Crippen LogP contribution in [-0.4, -0.2) is 26.2 Å². The third-order valence-electron chi connectivity index (χ3n) is 5.65. The quantitative estimate of drug-likeness (QED) is 0.712. The second-order valence-corrected chi connectivity index (χ2v) is 8.63. The zero-order chi connectivity index (χ0) is 20.8. The van der Waals surface area contributed by atoms with Crippen LogP contribution in [-0.2, 0) is 13.5 Å². The van der Waals surface area contributed by atoms with Crippen LogP contribution in [0.4, 0.5) is 0 Å². The fourth-order valence-electron chi connectivity index (χ4n) is 4.26. The number of hydrogen-bond donors (Lipinski definition) is 2. The minimum atomic E-state index is -0.393. The van der Waals surface area contributed by atoms with Gasteiger partial charge in [0.25, 0.3) is 5.91 Å². The van der Waals surface area contributed by atoms with Gasteiger partial charge in [0.15, 0.2) is 5.78 Å². The number of aromatic nitrogens is 3. The van der Waals surface area contributed by atoms with Crippen LogP contribution in [0.3, 0.4) is 0 Å². The second-order valence-electron chi connectivity index (χ2n) is 8.63. The average molecular weight is 390 g/mol. The van der Waals surface area contributed by atoms with E-state index in [9.17, 15) is 9.59 Å². The summed E-state index contributed by atoms with van der Waals surface area (Å²) < 4.78 is 1.90. The van der Waals surface area contributed by atoms with Crippen molar-refractivity contribution in [2.75, 3.05) is 0 Å². The molecule has 6 heteroatoms. The van der Waals surface area contributed by atoms with Crippen LogP contribution in [0, 0.1) is 12.3 Å². The van der Waals surface area contributed by atoms with Crippen LogP contribution in [0.5, 0.6) is 0 Å².